The van der Waals surface area contributed by atoms with Crippen LogP contribution in [-0.2, 0) is 28.6 Å². The van der Waals surface area contributed by atoms with Crippen molar-refractivity contribution in [3.63, 3.8) is 0 Å². The molecular weight excluding hydrogens is 534 g/mol. The third kappa shape index (κ3) is 8.04. The van der Waals surface area contributed by atoms with Gasteiger partial charge in [-0.1, -0.05) is 56.2 Å². The number of imidazole rings is 1. The molecule has 0 spiro atoms. The lowest BCUT2D eigenvalue weighted by Crippen LogP contribution is -2.38. The summed E-state index contributed by atoms with van der Waals surface area (Å²) >= 11 is 0. The summed E-state index contributed by atoms with van der Waals surface area (Å²) in [5, 5.41) is 11.7. The molecule has 2 N–H and O–H groups in total. The molecule has 3 rings (SSSR count). The molecule has 1 aliphatic rings. The lowest BCUT2D eigenvalue weighted by molar-refractivity contribution is -0.159. The van der Waals surface area contributed by atoms with E-state index in [1.54, 1.807) is 46.9 Å². The van der Waals surface area contributed by atoms with Crippen LogP contribution >= 0.6 is 21.6 Å². The largest absolute Gasteiger partial charge is 0.481 e. The quantitative estimate of drug-likeness (QED) is 0.218. The van der Waals surface area contributed by atoms with Gasteiger partial charge in [0.2, 0.25) is 5.91 Å². The number of carboxylic acid groups (broad SMARTS) is 1. The Labute approximate surface area is 229 Å². The number of esters is 1. The molecule has 1 fully saturated rings. The Balaban J connectivity index is 1.84. The van der Waals surface area contributed by atoms with Gasteiger partial charge in [-0.25, -0.2) is 15.0 Å². The van der Waals surface area contributed by atoms with Gasteiger partial charge in [0.1, 0.15) is 12.4 Å². The van der Waals surface area contributed by atoms with Gasteiger partial charge in [-0.2, -0.15) is 0 Å². The van der Waals surface area contributed by atoms with Crippen molar-refractivity contribution in [2.45, 2.75) is 83.7 Å². The molecule has 12 nitrogen and oxygen atoms in total. The van der Waals surface area contributed by atoms with Crippen molar-refractivity contribution in [3.8, 4) is 0 Å². The fraction of sp³-hybridized carbons (Fsp3) is 0.667. The molecule has 210 valence electrons. The lowest BCUT2D eigenvalue weighted by atomic mass is 10.1. The van der Waals surface area contributed by atoms with Crippen LogP contribution in [0.15, 0.2) is 12.7 Å². The third-order valence-corrected chi connectivity index (χ3v) is 8.72. The first-order valence-electron chi connectivity index (χ1n) is 12.3. The van der Waals surface area contributed by atoms with Gasteiger partial charge in [-0.05, 0) is 6.92 Å². The van der Waals surface area contributed by atoms with Crippen LogP contribution in [0.2, 0.25) is 0 Å². The Hall–Kier alpha value is -2.42. The van der Waals surface area contributed by atoms with Crippen molar-refractivity contribution in [2.75, 3.05) is 17.7 Å². The van der Waals surface area contributed by atoms with Gasteiger partial charge >= 0.3 is 11.9 Å². The van der Waals surface area contributed by atoms with Crippen LogP contribution in [0, 0.1) is 5.92 Å². The molecular formula is C24H35N5O7S2. The summed E-state index contributed by atoms with van der Waals surface area (Å²) in [6, 6.07) is 0. The molecule has 0 aromatic carbocycles. The Morgan fingerprint density at radius 2 is 1.92 bits per heavy atom. The zero-order chi connectivity index (χ0) is 28.0. The van der Waals surface area contributed by atoms with Crippen molar-refractivity contribution in [3.05, 3.63) is 12.7 Å². The first-order chi connectivity index (χ1) is 17.9. The second-order valence-electron chi connectivity index (χ2n) is 10.1. The van der Waals surface area contributed by atoms with E-state index in [4.69, 9.17) is 19.3 Å². The number of aromatic nitrogens is 4. The summed E-state index contributed by atoms with van der Waals surface area (Å²) in [5.41, 5.74) is 0.802. The Morgan fingerprint density at radius 3 is 2.58 bits per heavy atom. The number of amides is 1. The van der Waals surface area contributed by atoms with Crippen LogP contribution in [-0.4, -0.2) is 77.9 Å². The van der Waals surface area contributed by atoms with Gasteiger partial charge in [0.25, 0.3) is 0 Å². The zero-order valence-corrected chi connectivity index (χ0v) is 24.0. The zero-order valence-electron chi connectivity index (χ0n) is 22.4. The average molecular weight is 570 g/mol. The second kappa shape index (κ2) is 13.1. The van der Waals surface area contributed by atoms with Gasteiger partial charge in [0, 0.05) is 16.4 Å². The van der Waals surface area contributed by atoms with Crippen LogP contribution in [0.25, 0.3) is 11.2 Å². The highest BCUT2D eigenvalue weighted by Gasteiger charge is 2.47. The monoisotopic (exact) mass is 569 g/mol. The molecule has 14 heteroatoms. The number of carboxylic acids is 1. The fourth-order valence-corrected chi connectivity index (χ4v) is 5.73. The molecule has 1 saturated heterocycles. The van der Waals surface area contributed by atoms with Crippen LogP contribution in [0.3, 0.4) is 0 Å². The Kier molecular flexibility index (Phi) is 10.4. The summed E-state index contributed by atoms with van der Waals surface area (Å²) in [5.74, 6) is -1.20. The molecule has 1 aliphatic heterocycles. The SMILES string of the molecule is CC(C)C(=O)Nc1ncnc2c1ncn2C1OC(C)C(OC(=O)CCC(=O)O)C1OCCSSC(C)(C)C. The van der Waals surface area contributed by atoms with Crippen molar-refractivity contribution in [2.24, 2.45) is 5.92 Å². The number of aliphatic carboxylic acids is 1. The normalized spacial score (nSPS) is 21.7. The third-order valence-electron chi connectivity index (χ3n) is 5.42. The van der Waals surface area contributed by atoms with Gasteiger partial charge in [0.15, 0.2) is 29.3 Å². The van der Waals surface area contributed by atoms with E-state index < -0.39 is 36.5 Å². The summed E-state index contributed by atoms with van der Waals surface area (Å²) < 4.78 is 19.8. The van der Waals surface area contributed by atoms with Crippen molar-refractivity contribution < 1.29 is 33.7 Å². The fourth-order valence-electron chi connectivity index (χ4n) is 3.62. The number of carbonyl (C=O) groups excluding carboxylic acids is 2. The van der Waals surface area contributed by atoms with Crippen LogP contribution in [0.1, 0.15) is 60.6 Å². The number of hydrogen-bond acceptors (Lipinski definition) is 11. The first kappa shape index (κ1) is 30.1. The molecule has 3 heterocycles. The maximum atomic E-state index is 12.4. The number of rotatable bonds is 12. The Morgan fingerprint density at radius 1 is 1.18 bits per heavy atom. The minimum Gasteiger partial charge on any atom is -0.481 e. The average Bonchev–Trinajstić information content (AvgIpc) is 3.38. The van der Waals surface area contributed by atoms with Gasteiger partial charge in [-0.3, -0.25) is 19.0 Å². The van der Waals surface area contributed by atoms with E-state index in [0.717, 1.165) is 0 Å². The van der Waals surface area contributed by atoms with Crippen molar-refractivity contribution in [1.29, 1.82) is 0 Å². The number of carbonyl (C=O) groups is 3. The van der Waals surface area contributed by atoms with E-state index in [1.165, 1.54) is 12.7 Å². The lowest BCUT2D eigenvalue weighted by Gasteiger charge is -2.25. The van der Waals surface area contributed by atoms with E-state index in [2.05, 4.69) is 41.0 Å². The number of ether oxygens (including phenoxy) is 3. The molecule has 4 atom stereocenters. The molecule has 38 heavy (non-hydrogen) atoms. The van der Waals surface area contributed by atoms with Crippen LogP contribution < -0.4 is 5.32 Å². The van der Waals surface area contributed by atoms with Gasteiger partial charge in [0.05, 0.1) is 31.9 Å². The molecule has 4 unspecified atom stereocenters. The predicted molar refractivity (Wildman–Crippen MR) is 145 cm³/mol. The van der Waals surface area contributed by atoms with E-state index in [9.17, 15) is 14.4 Å². The molecule has 0 aliphatic carbocycles. The summed E-state index contributed by atoms with van der Waals surface area (Å²) in [6.45, 7) is 12.1. The molecule has 2 aromatic rings. The molecule has 0 bridgehead atoms. The van der Waals surface area contributed by atoms with Crippen molar-refractivity contribution >= 4 is 56.4 Å². The highest BCUT2D eigenvalue weighted by Crippen LogP contribution is 2.38. The summed E-state index contributed by atoms with van der Waals surface area (Å²) in [7, 11) is 3.42. The molecule has 0 radical (unpaired) electrons. The van der Waals surface area contributed by atoms with E-state index in [1.807, 2.05) is 0 Å². The number of nitrogens with one attached hydrogen (secondary N) is 1. The van der Waals surface area contributed by atoms with E-state index >= 15 is 0 Å². The predicted octanol–water partition coefficient (Wildman–Crippen LogP) is 3.68. The molecule has 0 saturated carbocycles. The maximum absolute atomic E-state index is 12.4. The minimum atomic E-state index is -1.08. The van der Waals surface area contributed by atoms with Crippen LogP contribution in [0.4, 0.5) is 5.82 Å². The standard InChI is InChI=1S/C24H35N5O7S2/c1-13(2)22(33)28-20-17-21(26-11-25-20)29(12-27-17)23-19(34-9-10-37-38-24(4,5)6)18(14(3)35-23)36-16(32)8-7-15(30)31/h11-14,18-19,23H,7-10H2,1-6H3,(H,30,31)(H,25,26,28,33). The van der Waals surface area contributed by atoms with Gasteiger partial charge in [-0.15, -0.1) is 0 Å². The molecule has 2 aromatic heterocycles. The topological polar surface area (TPSA) is 155 Å². The number of nitrogens with zero attached hydrogens (tertiary/aromatic N) is 4. The summed E-state index contributed by atoms with van der Waals surface area (Å²) in [6.07, 6.45) is -0.504. The van der Waals surface area contributed by atoms with E-state index in [0.29, 0.717) is 23.5 Å². The first-order valence-corrected chi connectivity index (χ1v) is 14.7. The smallest absolute Gasteiger partial charge is 0.306 e. The maximum Gasteiger partial charge on any atom is 0.306 e. The van der Waals surface area contributed by atoms with Gasteiger partial charge < -0.3 is 24.6 Å². The highest BCUT2D eigenvalue weighted by molar-refractivity contribution is 8.77. The molecule has 1 amide bonds. The second-order valence-corrected chi connectivity index (χ2v) is 13.4. The highest BCUT2D eigenvalue weighted by atomic mass is 33.1. The number of hydrogen-bond donors (Lipinski definition) is 2. The Bertz CT molecular complexity index is 1140. The minimum absolute atomic E-state index is 0.0958. The van der Waals surface area contributed by atoms with Crippen molar-refractivity contribution in [1.82, 2.24) is 19.5 Å². The summed E-state index contributed by atoms with van der Waals surface area (Å²) in [4.78, 5) is 48.5. The van der Waals surface area contributed by atoms with E-state index in [-0.39, 0.29) is 35.2 Å². The number of anilines is 1. The van der Waals surface area contributed by atoms with Crippen LogP contribution in [0.5, 0.6) is 0 Å². The number of fused-ring (bicyclic) bond motifs is 1.